The van der Waals surface area contributed by atoms with Gasteiger partial charge < -0.3 is 9.80 Å². The molecule has 9 heteroatoms. The molecule has 134 valence electrons. The monoisotopic (exact) mass is 387 g/mol. The summed E-state index contributed by atoms with van der Waals surface area (Å²) in [5, 5.41) is 0.550. The van der Waals surface area contributed by atoms with Crippen molar-refractivity contribution in [1.82, 2.24) is 4.98 Å². The van der Waals surface area contributed by atoms with E-state index in [1.807, 2.05) is 15.9 Å². The maximum atomic E-state index is 12.9. The van der Waals surface area contributed by atoms with Crippen molar-refractivity contribution in [3.63, 3.8) is 0 Å². The van der Waals surface area contributed by atoms with Crippen LogP contribution in [-0.4, -0.2) is 45.3 Å². The minimum atomic E-state index is -4.64. The average molecular weight is 388 g/mol. The van der Waals surface area contributed by atoms with Crippen molar-refractivity contribution in [1.29, 1.82) is 0 Å². The number of alkyl halides is 2. The second kappa shape index (κ2) is 7.13. The molecule has 0 aliphatic carbocycles. The summed E-state index contributed by atoms with van der Waals surface area (Å²) in [5.41, 5.74) is 0.312. The minimum Gasteiger partial charge on any atom is -0.367 e. The van der Waals surface area contributed by atoms with Crippen molar-refractivity contribution in [3.05, 3.63) is 47.6 Å². The van der Waals surface area contributed by atoms with Crippen LogP contribution in [0.3, 0.4) is 0 Å². The molecule has 1 aromatic carbocycles. The van der Waals surface area contributed by atoms with Crippen molar-refractivity contribution in [2.45, 2.75) is 10.7 Å². The van der Waals surface area contributed by atoms with Gasteiger partial charge in [-0.25, -0.2) is 13.4 Å². The van der Waals surface area contributed by atoms with E-state index in [-0.39, 0.29) is 4.90 Å². The first-order chi connectivity index (χ1) is 11.9. The van der Waals surface area contributed by atoms with E-state index < -0.39 is 15.6 Å². The summed E-state index contributed by atoms with van der Waals surface area (Å²) in [4.78, 5) is 7.78. The van der Waals surface area contributed by atoms with E-state index in [0.29, 0.717) is 36.9 Å². The molecule has 1 saturated heterocycles. The van der Waals surface area contributed by atoms with Crippen LogP contribution in [0.1, 0.15) is 0 Å². The summed E-state index contributed by atoms with van der Waals surface area (Å²) in [7, 11) is -4.64. The first-order valence-electron chi connectivity index (χ1n) is 7.62. The lowest BCUT2D eigenvalue weighted by atomic mass is 10.2. The predicted molar refractivity (Wildman–Crippen MR) is 93.3 cm³/mol. The third kappa shape index (κ3) is 3.69. The number of para-hydroxylation sites is 1. The average Bonchev–Trinajstić information content (AvgIpc) is 2.62. The molecule has 0 bridgehead atoms. The van der Waals surface area contributed by atoms with Crippen LogP contribution in [0.25, 0.3) is 0 Å². The van der Waals surface area contributed by atoms with Crippen LogP contribution < -0.4 is 9.80 Å². The number of anilines is 2. The van der Waals surface area contributed by atoms with Gasteiger partial charge in [-0.3, -0.25) is 0 Å². The number of benzene rings is 1. The molecule has 3 rings (SSSR count). The summed E-state index contributed by atoms with van der Waals surface area (Å²) < 4.78 is 49.7. The first kappa shape index (κ1) is 17.9. The summed E-state index contributed by atoms with van der Waals surface area (Å²) in [6.07, 6.45) is 1.56. The molecule has 0 radical (unpaired) electrons. The molecular weight excluding hydrogens is 372 g/mol. The standard InChI is InChI=1S/C16H16ClF2N3O2S/c17-12-5-6-15(20-11-12)22-9-7-21(8-10-22)13-3-1-2-4-14(13)25(23,24)16(18)19/h1-6,11,16H,7-10H2. The van der Waals surface area contributed by atoms with Crippen LogP contribution in [0.4, 0.5) is 20.3 Å². The number of nitrogens with zero attached hydrogens (tertiary/aromatic N) is 3. The molecule has 0 unspecified atom stereocenters. The summed E-state index contributed by atoms with van der Waals surface area (Å²) >= 11 is 5.83. The maximum Gasteiger partial charge on any atom is 0.341 e. The van der Waals surface area contributed by atoms with Crippen molar-refractivity contribution < 1.29 is 17.2 Å². The van der Waals surface area contributed by atoms with Crippen LogP contribution in [0, 0.1) is 0 Å². The van der Waals surface area contributed by atoms with Crippen LogP contribution in [0.5, 0.6) is 0 Å². The van der Waals surface area contributed by atoms with Crippen LogP contribution in [0.15, 0.2) is 47.5 Å². The van der Waals surface area contributed by atoms with E-state index in [2.05, 4.69) is 4.98 Å². The largest absolute Gasteiger partial charge is 0.367 e. The third-order valence-electron chi connectivity index (χ3n) is 4.06. The lowest BCUT2D eigenvalue weighted by molar-refractivity contribution is 0.235. The van der Waals surface area contributed by atoms with Gasteiger partial charge in [-0.1, -0.05) is 23.7 Å². The molecule has 1 aliphatic heterocycles. The molecular formula is C16H16ClF2N3O2S. The second-order valence-electron chi connectivity index (χ2n) is 5.58. The summed E-state index contributed by atoms with van der Waals surface area (Å²) in [6.45, 7) is 2.19. The molecule has 5 nitrogen and oxygen atoms in total. The normalized spacial score (nSPS) is 15.7. The molecule has 0 amide bonds. The van der Waals surface area contributed by atoms with Crippen molar-refractivity contribution in [2.75, 3.05) is 36.0 Å². The SMILES string of the molecule is O=S(=O)(c1ccccc1N1CCN(c2ccc(Cl)cn2)CC1)C(F)F. The van der Waals surface area contributed by atoms with E-state index in [4.69, 9.17) is 11.6 Å². The molecule has 2 heterocycles. The molecule has 1 aliphatic rings. The van der Waals surface area contributed by atoms with Crippen molar-refractivity contribution in [3.8, 4) is 0 Å². The number of piperazine rings is 1. The number of aromatic nitrogens is 1. The molecule has 2 aromatic rings. The number of sulfone groups is 1. The molecule has 0 N–H and O–H groups in total. The first-order valence-corrected chi connectivity index (χ1v) is 9.54. The number of hydrogen-bond donors (Lipinski definition) is 0. The second-order valence-corrected chi connectivity index (χ2v) is 7.90. The van der Waals surface area contributed by atoms with Crippen LogP contribution in [-0.2, 0) is 9.84 Å². The molecule has 1 fully saturated rings. The fourth-order valence-electron chi connectivity index (χ4n) is 2.79. The molecule has 0 spiro atoms. The Labute approximate surface area is 149 Å². The van der Waals surface area contributed by atoms with E-state index in [1.165, 1.54) is 12.1 Å². The highest BCUT2D eigenvalue weighted by Gasteiger charge is 2.31. The Balaban J connectivity index is 1.79. The van der Waals surface area contributed by atoms with Gasteiger partial charge in [-0.05, 0) is 24.3 Å². The molecule has 0 saturated carbocycles. The zero-order valence-corrected chi connectivity index (χ0v) is 14.7. The van der Waals surface area contributed by atoms with Gasteiger partial charge >= 0.3 is 5.76 Å². The Morgan fingerprint density at radius 3 is 2.24 bits per heavy atom. The highest BCUT2D eigenvalue weighted by Crippen LogP contribution is 2.30. The highest BCUT2D eigenvalue weighted by molar-refractivity contribution is 7.91. The number of pyridine rings is 1. The quantitative estimate of drug-likeness (QED) is 0.807. The van der Waals surface area contributed by atoms with E-state index in [0.717, 1.165) is 5.82 Å². The lowest BCUT2D eigenvalue weighted by Gasteiger charge is -2.37. The van der Waals surface area contributed by atoms with Gasteiger partial charge in [0.25, 0.3) is 0 Å². The third-order valence-corrected chi connectivity index (χ3v) is 5.71. The van der Waals surface area contributed by atoms with Crippen molar-refractivity contribution >= 4 is 32.9 Å². The number of hydrogen-bond acceptors (Lipinski definition) is 5. The Morgan fingerprint density at radius 2 is 1.64 bits per heavy atom. The lowest BCUT2D eigenvalue weighted by Crippen LogP contribution is -2.47. The van der Waals surface area contributed by atoms with Crippen molar-refractivity contribution in [2.24, 2.45) is 0 Å². The molecule has 0 atom stereocenters. The summed E-state index contributed by atoms with van der Waals surface area (Å²) in [5.74, 6) is -2.66. The number of rotatable bonds is 4. The summed E-state index contributed by atoms with van der Waals surface area (Å²) in [6, 6.07) is 9.45. The smallest absolute Gasteiger partial charge is 0.341 e. The fourth-order valence-corrected chi connectivity index (χ4v) is 3.85. The fraction of sp³-hybridized carbons (Fsp3) is 0.312. The van der Waals surface area contributed by atoms with Crippen LogP contribution in [0.2, 0.25) is 5.02 Å². The predicted octanol–water partition coefficient (Wildman–Crippen LogP) is 3.06. The molecule has 1 aromatic heterocycles. The maximum absolute atomic E-state index is 12.9. The van der Waals surface area contributed by atoms with Gasteiger partial charge in [-0.2, -0.15) is 8.78 Å². The van der Waals surface area contributed by atoms with E-state index in [9.17, 15) is 17.2 Å². The van der Waals surface area contributed by atoms with Gasteiger partial charge in [0.05, 0.1) is 15.6 Å². The number of halogens is 3. The Hall–Kier alpha value is -1.93. The van der Waals surface area contributed by atoms with E-state index in [1.54, 1.807) is 24.4 Å². The Kier molecular flexibility index (Phi) is 5.10. The minimum absolute atomic E-state index is 0.312. The zero-order valence-electron chi connectivity index (χ0n) is 13.1. The van der Waals surface area contributed by atoms with Gasteiger partial charge in [0.2, 0.25) is 9.84 Å². The van der Waals surface area contributed by atoms with Crippen LogP contribution >= 0.6 is 11.6 Å². The highest BCUT2D eigenvalue weighted by atomic mass is 35.5. The van der Waals surface area contributed by atoms with Gasteiger partial charge in [0.1, 0.15) is 5.82 Å². The Bertz CT molecular complexity index is 839. The van der Waals surface area contributed by atoms with Gasteiger partial charge in [0.15, 0.2) is 0 Å². The topological polar surface area (TPSA) is 53.5 Å². The Morgan fingerprint density at radius 1 is 1.00 bits per heavy atom. The van der Waals surface area contributed by atoms with Gasteiger partial charge in [0, 0.05) is 32.4 Å². The van der Waals surface area contributed by atoms with E-state index >= 15 is 0 Å². The molecule has 25 heavy (non-hydrogen) atoms. The zero-order chi connectivity index (χ0) is 18.0. The van der Waals surface area contributed by atoms with Gasteiger partial charge in [-0.15, -0.1) is 0 Å².